The smallest absolute Gasteiger partial charge is 0.208 e. The fraction of sp³-hybridized carbons (Fsp3) is 0.778. The first kappa shape index (κ1) is 10.4. The molecule has 0 aromatic heterocycles. The molecule has 0 N–H and O–H groups in total. The van der Waals surface area contributed by atoms with Gasteiger partial charge in [-0.3, -0.25) is 0 Å². The molecule has 1 aliphatic carbocycles. The minimum Gasteiger partial charge on any atom is -0.351 e. The number of nitriles is 1. The summed E-state index contributed by atoms with van der Waals surface area (Å²) in [5, 5.41) is 9.30. The number of hydrogen-bond donors (Lipinski definition) is 0. The van der Waals surface area contributed by atoms with E-state index >= 15 is 0 Å². The van der Waals surface area contributed by atoms with Gasteiger partial charge in [-0.1, -0.05) is 11.8 Å². The predicted octanol–water partition coefficient (Wildman–Crippen LogP) is 1.92. The van der Waals surface area contributed by atoms with Crippen molar-refractivity contribution in [1.29, 1.82) is 5.26 Å². The maximum absolute atomic E-state index is 8.48. The molecule has 0 amide bonds. The first-order chi connectivity index (χ1) is 6.20. The van der Waals surface area contributed by atoms with E-state index in [0.29, 0.717) is 6.04 Å². The van der Waals surface area contributed by atoms with Gasteiger partial charge in [0.2, 0.25) is 6.19 Å². The molecular formula is C9H15N3S. The Morgan fingerprint density at radius 3 is 2.69 bits per heavy atom. The molecule has 3 nitrogen and oxygen atoms in total. The van der Waals surface area contributed by atoms with Crippen LogP contribution in [-0.4, -0.2) is 29.4 Å². The monoisotopic (exact) mass is 197 g/mol. The van der Waals surface area contributed by atoms with Gasteiger partial charge in [0.1, 0.15) is 0 Å². The van der Waals surface area contributed by atoms with Gasteiger partial charge in [-0.25, -0.2) is 0 Å². The summed E-state index contributed by atoms with van der Waals surface area (Å²) in [4.78, 5) is 5.89. The molecule has 0 spiro atoms. The van der Waals surface area contributed by atoms with E-state index < -0.39 is 0 Å². The van der Waals surface area contributed by atoms with Crippen molar-refractivity contribution in [3.63, 3.8) is 0 Å². The molecule has 1 unspecified atom stereocenters. The molecule has 72 valence electrons. The summed E-state index contributed by atoms with van der Waals surface area (Å²) in [6, 6.07) is 0.513. The summed E-state index contributed by atoms with van der Waals surface area (Å²) in [6.07, 6.45) is 6.43. The summed E-state index contributed by atoms with van der Waals surface area (Å²) < 4.78 is 0. The van der Waals surface area contributed by atoms with Crippen LogP contribution in [0.3, 0.4) is 0 Å². The SMILES string of the molecule is CSC(=NC#N)N(C)C(C)C1CC1. The second-order valence-corrected chi connectivity index (χ2v) is 4.16. The molecule has 0 radical (unpaired) electrons. The molecule has 0 bridgehead atoms. The van der Waals surface area contributed by atoms with Gasteiger partial charge in [0, 0.05) is 13.1 Å². The molecule has 13 heavy (non-hydrogen) atoms. The van der Waals surface area contributed by atoms with E-state index in [9.17, 15) is 0 Å². The molecule has 0 heterocycles. The van der Waals surface area contributed by atoms with E-state index in [1.807, 2.05) is 19.5 Å². The lowest BCUT2D eigenvalue weighted by atomic mass is 10.2. The first-order valence-electron chi connectivity index (χ1n) is 4.44. The summed E-state index contributed by atoms with van der Waals surface area (Å²) in [6.45, 7) is 2.20. The van der Waals surface area contributed by atoms with Crippen LogP contribution in [0.15, 0.2) is 4.99 Å². The van der Waals surface area contributed by atoms with Crippen molar-refractivity contribution in [2.75, 3.05) is 13.3 Å². The second kappa shape index (κ2) is 4.52. The Bertz CT molecular complexity index is 240. The van der Waals surface area contributed by atoms with E-state index in [2.05, 4.69) is 16.8 Å². The van der Waals surface area contributed by atoms with Crippen molar-refractivity contribution in [3.05, 3.63) is 0 Å². The largest absolute Gasteiger partial charge is 0.351 e. The molecular weight excluding hydrogens is 182 g/mol. The molecule has 4 heteroatoms. The minimum absolute atomic E-state index is 0.513. The van der Waals surface area contributed by atoms with Crippen molar-refractivity contribution in [2.24, 2.45) is 10.9 Å². The Morgan fingerprint density at radius 1 is 1.69 bits per heavy atom. The minimum atomic E-state index is 0.513. The van der Waals surface area contributed by atoms with Gasteiger partial charge in [0.25, 0.3) is 0 Å². The van der Waals surface area contributed by atoms with E-state index in [-0.39, 0.29) is 0 Å². The van der Waals surface area contributed by atoms with Crippen LogP contribution in [0.5, 0.6) is 0 Å². The van der Waals surface area contributed by atoms with Crippen molar-refractivity contribution >= 4 is 16.9 Å². The second-order valence-electron chi connectivity index (χ2n) is 3.39. The maximum atomic E-state index is 8.48. The van der Waals surface area contributed by atoms with Crippen LogP contribution in [0.1, 0.15) is 19.8 Å². The third kappa shape index (κ3) is 2.63. The fourth-order valence-electron chi connectivity index (χ4n) is 1.38. The maximum Gasteiger partial charge on any atom is 0.208 e. The average molecular weight is 197 g/mol. The normalized spacial score (nSPS) is 19.4. The first-order valence-corrected chi connectivity index (χ1v) is 5.66. The highest BCUT2D eigenvalue weighted by Gasteiger charge is 2.31. The summed E-state index contributed by atoms with van der Waals surface area (Å²) in [5.74, 6) is 0.807. The Morgan fingerprint density at radius 2 is 2.31 bits per heavy atom. The molecule has 1 aliphatic rings. The van der Waals surface area contributed by atoms with Crippen LogP contribution < -0.4 is 0 Å². The van der Waals surface area contributed by atoms with Crippen molar-refractivity contribution in [1.82, 2.24) is 4.90 Å². The topological polar surface area (TPSA) is 39.4 Å². The predicted molar refractivity (Wildman–Crippen MR) is 56.5 cm³/mol. The lowest BCUT2D eigenvalue weighted by Crippen LogP contribution is -2.34. The number of hydrogen-bond acceptors (Lipinski definition) is 3. The van der Waals surface area contributed by atoms with Gasteiger partial charge < -0.3 is 4.90 Å². The Hall–Kier alpha value is -0.690. The molecule has 0 aromatic rings. The highest BCUT2D eigenvalue weighted by Crippen LogP contribution is 2.35. The standard InChI is InChI=1S/C9H15N3S/c1-7(8-4-5-8)12(2)9(13-3)11-6-10/h7-8H,4-5H2,1-3H3. The zero-order valence-corrected chi connectivity index (χ0v) is 9.14. The van der Waals surface area contributed by atoms with Crippen LogP contribution in [0.2, 0.25) is 0 Å². The van der Waals surface area contributed by atoms with Gasteiger partial charge in [-0.2, -0.15) is 5.26 Å². The molecule has 0 aliphatic heterocycles. The highest BCUT2D eigenvalue weighted by atomic mass is 32.2. The lowest BCUT2D eigenvalue weighted by Gasteiger charge is -2.26. The Kier molecular flexibility index (Phi) is 3.61. The van der Waals surface area contributed by atoms with E-state index in [1.54, 1.807) is 0 Å². The van der Waals surface area contributed by atoms with E-state index in [0.717, 1.165) is 11.1 Å². The van der Waals surface area contributed by atoms with Crippen molar-refractivity contribution in [3.8, 4) is 6.19 Å². The number of thioether (sulfide) groups is 1. The summed E-state index contributed by atoms with van der Waals surface area (Å²) >= 11 is 1.53. The quantitative estimate of drug-likeness (QED) is 0.386. The van der Waals surface area contributed by atoms with Crippen LogP contribution in [-0.2, 0) is 0 Å². The zero-order chi connectivity index (χ0) is 9.84. The van der Waals surface area contributed by atoms with Crippen LogP contribution >= 0.6 is 11.8 Å². The third-order valence-corrected chi connectivity index (χ3v) is 3.29. The van der Waals surface area contributed by atoms with Gasteiger partial charge in [0.15, 0.2) is 5.17 Å². The third-order valence-electron chi connectivity index (χ3n) is 2.55. The highest BCUT2D eigenvalue weighted by molar-refractivity contribution is 8.13. The summed E-state index contributed by atoms with van der Waals surface area (Å²) in [5.41, 5.74) is 0. The van der Waals surface area contributed by atoms with Crippen LogP contribution in [0.4, 0.5) is 0 Å². The van der Waals surface area contributed by atoms with Gasteiger partial charge >= 0.3 is 0 Å². The van der Waals surface area contributed by atoms with E-state index in [1.165, 1.54) is 24.6 Å². The Balaban J connectivity index is 2.57. The fourth-order valence-corrected chi connectivity index (χ4v) is 1.97. The number of aliphatic imine (C=N–C) groups is 1. The van der Waals surface area contributed by atoms with Crippen molar-refractivity contribution < 1.29 is 0 Å². The Labute approximate surface area is 83.8 Å². The zero-order valence-electron chi connectivity index (χ0n) is 8.32. The number of amidine groups is 1. The van der Waals surface area contributed by atoms with Gasteiger partial charge in [-0.15, -0.1) is 4.99 Å². The molecule has 1 fully saturated rings. The summed E-state index contributed by atoms with van der Waals surface area (Å²) in [7, 11) is 2.01. The lowest BCUT2D eigenvalue weighted by molar-refractivity contribution is 0.360. The molecule has 0 aromatic carbocycles. The molecule has 1 saturated carbocycles. The van der Waals surface area contributed by atoms with Crippen LogP contribution in [0.25, 0.3) is 0 Å². The van der Waals surface area contributed by atoms with Gasteiger partial charge in [0.05, 0.1) is 0 Å². The average Bonchev–Trinajstić information content (AvgIpc) is 2.95. The molecule has 1 rings (SSSR count). The van der Waals surface area contributed by atoms with E-state index in [4.69, 9.17) is 5.26 Å². The van der Waals surface area contributed by atoms with Crippen molar-refractivity contribution in [2.45, 2.75) is 25.8 Å². The molecule has 0 saturated heterocycles. The number of rotatable bonds is 2. The van der Waals surface area contributed by atoms with Crippen LogP contribution in [0, 0.1) is 17.4 Å². The molecule has 1 atom stereocenters. The van der Waals surface area contributed by atoms with Gasteiger partial charge in [-0.05, 0) is 31.9 Å². The number of nitrogens with zero attached hydrogens (tertiary/aromatic N) is 3.